The van der Waals surface area contributed by atoms with Gasteiger partial charge in [-0.25, -0.2) is 8.78 Å². The Kier molecular flexibility index (Phi) is 4.17. The van der Waals surface area contributed by atoms with Crippen molar-refractivity contribution in [3.05, 3.63) is 35.4 Å². The Morgan fingerprint density at radius 3 is 2.77 bits per heavy atom. The lowest BCUT2D eigenvalue weighted by Crippen LogP contribution is -2.49. The summed E-state index contributed by atoms with van der Waals surface area (Å²) in [7, 11) is 0. The first-order valence-corrected chi connectivity index (χ1v) is 8.00. The first-order chi connectivity index (χ1) is 10.5. The van der Waals surface area contributed by atoms with Gasteiger partial charge < -0.3 is 10.6 Å². The van der Waals surface area contributed by atoms with Crippen LogP contribution in [0.15, 0.2) is 18.2 Å². The molecule has 1 amide bonds. The molecule has 120 valence electrons. The molecule has 1 aliphatic carbocycles. The predicted molar refractivity (Wildman–Crippen MR) is 80.1 cm³/mol. The van der Waals surface area contributed by atoms with E-state index < -0.39 is 17.2 Å². The van der Waals surface area contributed by atoms with Crippen molar-refractivity contribution in [2.45, 2.75) is 44.1 Å². The third-order valence-corrected chi connectivity index (χ3v) is 4.85. The molecule has 1 unspecified atom stereocenters. The van der Waals surface area contributed by atoms with Crippen LogP contribution in [-0.2, 0) is 11.2 Å². The Balaban J connectivity index is 1.54. The van der Waals surface area contributed by atoms with Gasteiger partial charge in [-0.2, -0.15) is 0 Å². The van der Waals surface area contributed by atoms with Crippen LogP contribution in [0.25, 0.3) is 0 Å². The van der Waals surface area contributed by atoms with Crippen molar-refractivity contribution in [2.75, 3.05) is 13.1 Å². The highest BCUT2D eigenvalue weighted by molar-refractivity contribution is 5.89. The standard InChI is InChI=1S/C17H22F2N2O/c18-14-6-5-12(10-15(14)19)3-4-13-2-1-9-21(11-13)16(22)17(20)7-8-17/h5-6,10,13H,1-4,7-9,11,20H2. The molecule has 1 heterocycles. The second-order valence-electron chi connectivity index (χ2n) is 6.70. The number of nitrogens with zero attached hydrogens (tertiary/aromatic N) is 1. The van der Waals surface area contributed by atoms with Crippen LogP contribution in [0.1, 0.15) is 37.7 Å². The van der Waals surface area contributed by atoms with E-state index in [-0.39, 0.29) is 5.91 Å². The monoisotopic (exact) mass is 308 g/mol. The maximum atomic E-state index is 13.2. The number of hydrogen-bond donors (Lipinski definition) is 1. The molecular weight excluding hydrogens is 286 g/mol. The molecule has 1 aromatic rings. The van der Waals surface area contributed by atoms with E-state index in [1.54, 1.807) is 6.07 Å². The van der Waals surface area contributed by atoms with Crippen LogP contribution < -0.4 is 5.73 Å². The third-order valence-electron chi connectivity index (χ3n) is 4.85. The predicted octanol–water partition coefficient (Wildman–Crippen LogP) is 2.63. The maximum absolute atomic E-state index is 13.2. The van der Waals surface area contributed by atoms with Gasteiger partial charge in [0, 0.05) is 13.1 Å². The molecular formula is C17H22F2N2O. The van der Waals surface area contributed by atoms with Crippen molar-refractivity contribution in [3.8, 4) is 0 Å². The molecule has 2 fully saturated rings. The number of hydrogen-bond acceptors (Lipinski definition) is 2. The van der Waals surface area contributed by atoms with E-state index in [9.17, 15) is 13.6 Å². The molecule has 2 N–H and O–H groups in total. The van der Waals surface area contributed by atoms with Crippen LogP contribution >= 0.6 is 0 Å². The van der Waals surface area contributed by atoms with E-state index in [1.807, 2.05) is 4.90 Å². The highest BCUT2D eigenvalue weighted by Crippen LogP contribution is 2.35. The van der Waals surface area contributed by atoms with E-state index in [0.29, 0.717) is 12.3 Å². The zero-order valence-electron chi connectivity index (χ0n) is 12.7. The molecule has 0 spiro atoms. The lowest BCUT2D eigenvalue weighted by atomic mass is 9.91. The molecule has 3 nitrogen and oxygen atoms in total. The fourth-order valence-corrected chi connectivity index (χ4v) is 3.21. The lowest BCUT2D eigenvalue weighted by molar-refractivity contribution is -0.135. The van der Waals surface area contributed by atoms with Gasteiger partial charge in [0.25, 0.3) is 0 Å². The largest absolute Gasteiger partial charge is 0.341 e. The summed E-state index contributed by atoms with van der Waals surface area (Å²) >= 11 is 0. The molecule has 1 atom stereocenters. The molecule has 1 saturated heterocycles. The molecule has 1 saturated carbocycles. The average Bonchev–Trinajstić information content (AvgIpc) is 3.27. The topological polar surface area (TPSA) is 46.3 Å². The molecule has 0 aromatic heterocycles. The van der Waals surface area contributed by atoms with Crippen LogP contribution in [0.4, 0.5) is 8.78 Å². The van der Waals surface area contributed by atoms with Crippen molar-refractivity contribution in [2.24, 2.45) is 11.7 Å². The van der Waals surface area contributed by atoms with Gasteiger partial charge in [0.2, 0.25) is 5.91 Å². The number of piperidine rings is 1. The Labute approximate surface area is 129 Å². The Morgan fingerprint density at radius 1 is 1.32 bits per heavy atom. The van der Waals surface area contributed by atoms with Gasteiger partial charge in [0.15, 0.2) is 11.6 Å². The number of carbonyl (C=O) groups excluding carboxylic acids is 1. The highest BCUT2D eigenvalue weighted by Gasteiger charge is 2.48. The summed E-state index contributed by atoms with van der Waals surface area (Å²) in [5.41, 5.74) is 6.20. The summed E-state index contributed by atoms with van der Waals surface area (Å²) < 4.78 is 26.1. The smallest absolute Gasteiger partial charge is 0.242 e. The van der Waals surface area contributed by atoms with Crippen LogP contribution in [0.5, 0.6) is 0 Å². The molecule has 1 aromatic carbocycles. The quantitative estimate of drug-likeness (QED) is 0.929. The Hall–Kier alpha value is -1.49. The SMILES string of the molecule is NC1(C(=O)N2CCCC(CCc3ccc(F)c(F)c3)C2)CC1. The molecule has 3 rings (SSSR count). The van der Waals surface area contributed by atoms with Crippen molar-refractivity contribution in [1.82, 2.24) is 4.90 Å². The molecule has 22 heavy (non-hydrogen) atoms. The minimum absolute atomic E-state index is 0.0880. The zero-order valence-corrected chi connectivity index (χ0v) is 12.7. The second-order valence-corrected chi connectivity index (χ2v) is 6.70. The van der Waals surface area contributed by atoms with E-state index in [4.69, 9.17) is 5.73 Å². The van der Waals surface area contributed by atoms with Crippen molar-refractivity contribution in [3.63, 3.8) is 0 Å². The highest BCUT2D eigenvalue weighted by atomic mass is 19.2. The van der Waals surface area contributed by atoms with Gasteiger partial charge in [-0.3, -0.25) is 4.79 Å². The van der Waals surface area contributed by atoms with Gasteiger partial charge in [-0.15, -0.1) is 0 Å². The minimum atomic E-state index is -0.809. The summed E-state index contributed by atoms with van der Waals surface area (Å²) in [6.45, 7) is 1.53. The van der Waals surface area contributed by atoms with Crippen molar-refractivity contribution in [1.29, 1.82) is 0 Å². The first kappa shape index (κ1) is 15.4. The number of benzene rings is 1. The number of carbonyl (C=O) groups is 1. The van der Waals surface area contributed by atoms with Gasteiger partial charge in [0.05, 0.1) is 5.54 Å². The van der Waals surface area contributed by atoms with Crippen molar-refractivity contribution >= 4 is 5.91 Å². The summed E-state index contributed by atoms with van der Waals surface area (Å²) in [5.74, 6) is -1.11. The molecule has 0 radical (unpaired) electrons. The number of halogens is 2. The average molecular weight is 308 g/mol. The number of amides is 1. The van der Waals surface area contributed by atoms with Crippen LogP contribution in [0, 0.1) is 17.6 Å². The van der Waals surface area contributed by atoms with Crippen LogP contribution in [-0.4, -0.2) is 29.4 Å². The van der Waals surface area contributed by atoms with Crippen molar-refractivity contribution < 1.29 is 13.6 Å². The molecule has 0 bridgehead atoms. The fourth-order valence-electron chi connectivity index (χ4n) is 3.21. The minimum Gasteiger partial charge on any atom is -0.341 e. The summed E-state index contributed by atoms with van der Waals surface area (Å²) in [6.07, 6.45) is 5.24. The van der Waals surface area contributed by atoms with Crippen LogP contribution in [0.2, 0.25) is 0 Å². The Morgan fingerprint density at radius 2 is 2.09 bits per heavy atom. The van der Waals surface area contributed by atoms with Gasteiger partial charge in [0.1, 0.15) is 0 Å². The normalized spacial score (nSPS) is 23.4. The molecule has 1 aliphatic heterocycles. The zero-order chi connectivity index (χ0) is 15.7. The van der Waals surface area contributed by atoms with E-state index in [1.165, 1.54) is 12.1 Å². The van der Waals surface area contributed by atoms with Crippen LogP contribution in [0.3, 0.4) is 0 Å². The fraction of sp³-hybridized carbons (Fsp3) is 0.588. The molecule has 2 aliphatic rings. The van der Waals surface area contributed by atoms with E-state index in [2.05, 4.69) is 0 Å². The lowest BCUT2D eigenvalue weighted by Gasteiger charge is -2.34. The van der Waals surface area contributed by atoms with Gasteiger partial charge >= 0.3 is 0 Å². The maximum Gasteiger partial charge on any atom is 0.242 e. The first-order valence-electron chi connectivity index (χ1n) is 8.00. The van der Waals surface area contributed by atoms with Gasteiger partial charge in [-0.1, -0.05) is 6.07 Å². The number of likely N-dealkylation sites (tertiary alicyclic amines) is 1. The third kappa shape index (κ3) is 3.29. The molecule has 5 heteroatoms. The Bertz CT molecular complexity index is 572. The summed E-state index contributed by atoms with van der Waals surface area (Å²) in [4.78, 5) is 14.2. The van der Waals surface area contributed by atoms with E-state index >= 15 is 0 Å². The van der Waals surface area contributed by atoms with Gasteiger partial charge in [-0.05, 0) is 62.1 Å². The summed E-state index contributed by atoms with van der Waals surface area (Å²) in [5, 5.41) is 0. The van der Waals surface area contributed by atoms with E-state index in [0.717, 1.165) is 50.8 Å². The number of rotatable bonds is 4. The number of nitrogens with two attached hydrogens (primary N) is 1. The number of aryl methyl sites for hydroxylation is 1. The second kappa shape index (κ2) is 5.95. The summed E-state index contributed by atoms with van der Waals surface area (Å²) in [6, 6.07) is 4.07.